The molecular formula is C18H21ClN4O2. The number of hydrogen-bond donors (Lipinski definition) is 1. The van der Waals surface area contributed by atoms with E-state index >= 15 is 0 Å². The molecule has 0 aliphatic carbocycles. The lowest BCUT2D eigenvalue weighted by atomic mass is 10.2. The van der Waals surface area contributed by atoms with E-state index < -0.39 is 0 Å². The van der Waals surface area contributed by atoms with Crippen LogP contribution in [0.15, 0.2) is 53.3 Å². The van der Waals surface area contributed by atoms with Gasteiger partial charge in [0, 0.05) is 36.0 Å². The minimum Gasteiger partial charge on any atom is -0.489 e. The van der Waals surface area contributed by atoms with Gasteiger partial charge in [-0.15, -0.1) is 12.4 Å². The Morgan fingerprint density at radius 1 is 1.24 bits per heavy atom. The zero-order valence-corrected chi connectivity index (χ0v) is 15.0. The van der Waals surface area contributed by atoms with Crippen LogP contribution in [0.3, 0.4) is 0 Å². The first-order valence-electron chi connectivity index (χ1n) is 7.86. The summed E-state index contributed by atoms with van der Waals surface area (Å²) >= 11 is 0. The maximum atomic E-state index is 5.80. The van der Waals surface area contributed by atoms with Gasteiger partial charge < -0.3 is 14.6 Å². The van der Waals surface area contributed by atoms with Crippen molar-refractivity contribution in [3.63, 3.8) is 0 Å². The van der Waals surface area contributed by atoms with Gasteiger partial charge in [0.25, 0.3) is 5.89 Å². The van der Waals surface area contributed by atoms with Crippen LogP contribution in [0.25, 0.3) is 11.5 Å². The smallest absolute Gasteiger partial charge is 0.258 e. The quantitative estimate of drug-likeness (QED) is 0.697. The summed E-state index contributed by atoms with van der Waals surface area (Å²) in [5, 5.41) is 7.19. The van der Waals surface area contributed by atoms with E-state index in [0.717, 1.165) is 23.3 Å². The second kappa shape index (κ2) is 9.15. The second-order valence-electron chi connectivity index (χ2n) is 5.59. The van der Waals surface area contributed by atoms with E-state index in [9.17, 15) is 0 Å². The molecule has 6 nitrogen and oxygen atoms in total. The third-order valence-electron chi connectivity index (χ3n) is 3.66. The highest BCUT2D eigenvalue weighted by atomic mass is 35.5. The van der Waals surface area contributed by atoms with E-state index in [-0.39, 0.29) is 12.4 Å². The summed E-state index contributed by atoms with van der Waals surface area (Å²) in [7, 11) is 1.91. The fraction of sp³-hybridized carbons (Fsp3) is 0.278. The van der Waals surface area contributed by atoms with E-state index in [1.165, 1.54) is 0 Å². The summed E-state index contributed by atoms with van der Waals surface area (Å²) in [6.07, 6.45) is 4.25. The van der Waals surface area contributed by atoms with E-state index in [1.54, 1.807) is 12.4 Å². The van der Waals surface area contributed by atoms with Crippen molar-refractivity contribution in [3.05, 3.63) is 60.2 Å². The van der Waals surface area contributed by atoms with E-state index in [2.05, 4.69) is 27.4 Å². The zero-order chi connectivity index (χ0) is 16.8. The molecule has 0 saturated carbocycles. The molecule has 132 valence electrons. The summed E-state index contributed by atoms with van der Waals surface area (Å²) in [5.74, 6) is 1.94. The molecule has 7 heteroatoms. The Bertz CT molecular complexity index is 780. The molecule has 1 unspecified atom stereocenters. The second-order valence-corrected chi connectivity index (χ2v) is 5.59. The maximum Gasteiger partial charge on any atom is 0.258 e. The van der Waals surface area contributed by atoms with Crippen LogP contribution in [0.5, 0.6) is 5.75 Å². The first-order chi connectivity index (χ1) is 11.7. The van der Waals surface area contributed by atoms with Gasteiger partial charge in [-0.1, -0.05) is 17.3 Å². The molecule has 0 amide bonds. The van der Waals surface area contributed by atoms with Crippen LogP contribution in [0.4, 0.5) is 0 Å². The van der Waals surface area contributed by atoms with Gasteiger partial charge in [0.15, 0.2) is 5.82 Å². The average molecular weight is 361 g/mol. The zero-order valence-electron chi connectivity index (χ0n) is 14.2. The highest BCUT2D eigenvalue weighted by molar-refractivity contribution is 5.85. The van der Waals surface area contributed by atoms with Gasteiger partial charge in [0.1, 0.15) is 12.4 Å². The number of pyridine rings is 1. The fourth-order valence-corrected chi connectivity index (χ4v) is 2.20. The number of nitrogens with one attached hydrogen (secondary N) is 1. The Hall–Kier alpha value is -2.44. The van der Waals surface area contributed by atoms with Crippen LogP contribution < -0.4 is 10.1 Å². The molecule has 1 aromatic carbocycles. The van der Waals surface area contributed by atoms with Crippen molar-refractivity contribution < 1.29 is 9.26 Å². The molecule has 0 bridgehead atoms. The maximum absolute atomic E-state index is 5.80. The van der Waals surface area contributed by atoms with E-state index in [1.807, 2.05) is 43.4 Å². The topological polar surface area (TPSA) is 73.1 Å². The number of benzene rings is 1. The Morgan fingerprint density at radius 2 is 2.12 bits per heavy atom. The SMILES string of the molecule is CNC(C)Cc1noc(-c2cccc(OCc3cccnc3)c2)n1.Cl. The molecule has 2 heterocycles. The Balaban J connectivity index is 0.00000225. The third kappa shape index (κ3) is 5.27. The van der Waals surface area contributed by atoms with Gasteiger partial charge in [0.05, 0.1) is 0 Å². The number of aromatic nitrogens is 3. The van der Waals surface area contributed by atoms with Crippen LogP contribution >= 0.6 is 12.4 Å². The monoisotopic (exact) mass is 360 g/mol. The standard InChI is InChI=1S/C18H20N4O2.ClH/c1-13(19-2)9-17-21-18(24-22-17)15-6-3-7-16(10-15)23-12-14-5-4-8-20-11-14;/h3-8,10-11,13,19H,9,12H2,1-2H3;1H. The molecule has 2 aromatic heterocycles. The summed E-state index contributed by atoms with van der Waals surface area (Å²) in [6, 6.07) is 11.8. The van der Waals surface area contributed by atoms with Crippen molar-refractivity contribution >= 4 is 12.4 Å². The largest absolute Gasteiger partial charge is 0.489 e. The molecule has 0 saturated heterocycles. The molecule has 0 radical (unpaired) electrons. The summed E-state index contributed by atoms with van der Waals surface area (Å²) < 4.78 is 11.2. The lowest BCUT2D eigenvalue weighted by molar-refractivity contribution is 0.305. The number of likely N-dealkylation sites (N-methyl/N-ethyl adjacent to an activating group) is 1. The summed E-state index contributed by atoms with van der Waals surface area (Å²) in [5.41, 5.74) is 1.86. The van der Waals surface area contributed by atoms with Gasteiger partial charge in [-0.25, -0.2) is 0 Å². The van der Waals surface area contributed by atoms with Crippen LogP contribution in [0, 0.1) is 0 Å². The van der Waals surface area contributed by atoms with Crippen LogP contribution in [0.1, 0.15) is 18.3 Å². The number of halogens is 1. The fourth-order valence-electron chi connectivity index (χ4n) is 2.20. The Kier molecular flexibility index (Phi) is 6.91. The summed E-state index contributed by atoms with van der Waals surface area (Å²) in [4.78, 5) is 8.52. The molecule has 1 atom stereocenters. The normalized spacial score (nSPS) is 11.6. The lowest BCUT2D eigenvalue weighted by Crippen LogP contribution is -2.24. The van der Waals surface area contributed by atoms with Crippen molar-refractivity contribution in [2.75, 3.05) is 7.05 Å². The minimum atomic E-state index is 0. The summed E-state index contributed by atoms with van der Waals surface area (Å²) in [6.45, 7) is 2.54. The average Bonchev–Trinajstić information content (AvgIpc) is 3.09. The predicted molar refractivity (Wildman–Crippen MR) is 97.8 cm³/mol. The molecule has 0 aliphatic rings. The van der Waals surface area contributed by atoms with Crippen molar-refractivity contribution in [1.29, 1.82) is 0 Å². The number of nitrogens with zero attached hydrogens (tertiary/aromatic N) is 3. The molecule has 3 aromatic rings. The number of rotatable bonds is 7. The molecule has 3 rings (SSSR count). The highest BCUT2D eigenvalue weighted by Gasteiger charge is 2.11. The van der Waals surface area contributed by atoms with Crippen molar-refractivity contribution in [2.24, 2.45) is 0 Å². The Labute approximate surface area is 153 Å². The van der Waals surface area contributed by atoms with Crippen LogP contribution in [-0.4, -0.2) is 28.2 Å². The van der Waals surface area contributed by atoms with Gasteiger partial charge in [-0.3, -0.25) is 4.98 Å². The molecule has 0 spiro atoms. The molecule has 0 aliphatic heterocycles. The van der Waals surface area contributed by atoms with Gasteiger partial charge >= 0.3 is 0 Å². The lowest BCUT2D eigenvalue weighted by Gasteiger charge is -2.06. The van der Waals surface area contributed by atoms with Gasteiger partial charge in [-0.2, -0.15) is 4.98 Å². The van der Waals surface area contributed by atoms with E-state index in [0.29, 0.717) is 24.4 Å². The van der Waals surface area contributed by atoms with Crippen molar-refractivity contribution in [3.8, 4) is 17.2 Å². The molecule has 25 heavy (non-hydrogen) atoms. The minimum absolute atomic E-state index is 0. The molecule has 0 fully saturated rings. The van der Waals surface area contributed by atoms with Gasteiger partial charge in [-0.05, 0) is 38.2 Å². The van der Waals surface area contributed by atoms with E-state index in [4.69, 9.17) is 9.26 Å². The first kappa shape index (κ1) is 18.9. The van der Waals surface area contributed by atoms with Crippen molar-refractivity contribution in [2.45, 2.75) is 26.0 Å². The molecule has 1 N–H and O–H groups in total. The van der Waals surface area contributed by atoms with Crippen LogP contribution in [0.2, 0.25) is 0 Å². The molecular weight excluding hydrogens is 340 g/mol. The van der Waals surface area contributed by atoms with Crippen LogP contribution in [-0.2, 0) is 13.0 Å². The van der Waals surface area contributed by atoms with Crippen molar-refractivity contribution in [1.82, 2.24) is 20.4 Å². The first-order valence-corrected chi connectivity index (χ1v) is 7.86. The third-order valence-corrected chi connectivity index (χ3v) is 3.66. The number of ether oxygens (including phenoxy) is 1. The predicted octanol–water partition coefficient (Wildman–Crippen LogP) is 3.28. The Morgan fingerprint density at radius 3 is 2.88 bits per heavy atom. The highest BCUT2D eigenvalue weighted by Crippen LogP contribution is 2.23. The van der Waals surface area contributed by atoms with Gasteiger partial charge in [0.2, 0.25) is 0 Å². The number of hydrogen-bond acceptors (Lipinski definition) is 6.